The highest BCUT2D eigenvalue weighted by molar-refractivity contribution is 5.98. The molecule has 1 aliphatic rings. The first-order valence-corrected chi connectivity index (χ1v) is 18.6. The van der Waals surface area contributed by atoms with Gasteiger partial charge in [-0.3, -0.25) is 52.7 Å². The van der Waals surface area contributed by atoms with Gasteiger partial charge in [0.25, 0.3) is 0 Å². The predicted octanol–water partition coefficient (Wildman–Crippen LogP) is -9.23. The average Bonchev–Trinajstić information content (AvgIpc) is 3.63. The lowest BCUT2D eigenvalue weighted by atomic mass is 10.1. The van der Waals surface area contributed by atoms with Crippen LogP contribution in [0.1, 0.15) is 58.3 Å². The number of unbranched alkanes of at least 4 members (excludes halogenated alkanes) is 1. The minimum absolute atomic E-state index is 0.0181. The topological polar surface area (TPSA) is 452 Å². The number of carboxylic acids is 1. The standard InChI is InChI=1S/C33H54N12O15/c1-15(39-29(55)18-6-8-24(50)40-18)27(53)42-16(4-2-3-9-34)30(56)45-21(14-47)32(58)43-17(5-7-22(35)48)28(54)38-11-25(51)37-12-26(52)41-20(13-46)31(57)44-19(33(59)60)10-23(36)49/h15-21,46-47H,2-14,34H2,1H3,(H2,35,48)(H2,36,49)(H,37,51)(H,38,54)(H,39,55)(H,40,50)(H,41,52)(H,42,53)(H,43,58)(H,44,57)(H,45,56)(H,59,60)/t15-,16-,17-,18-,19+,20-,21-/m0/s1. The van der Waals surface area contributed by atoms with Crippen LogP contribution in [0.25, 0.3) is 0 Å². The third kappa shape index (κ3) is 19.3. The van der Waals surface area contributed by atoms with Crippen LogP contribution in [0.3, 0.4) is 0 Å². The van der Waals surface area contributed by atoms with Gasteiger partial charge in [0, 0.05) is 12.8 Å². The molecular weight excluding hydrogens is 804 g/mol. The molecular formula is C33H54N12O15. The molecule has 1 heterocycles. The summed E-state index contributed by atoms with van der Waals surface area (Å²) in [6.07, 6.45) is -0.481. The highest BCUT2D eigenvalue weighted by Crippen LogP contribution is 2.08. The van der Waals surface area contributed by atoms with E-state index in [1.54, 1.807) is 0 Å². The first kappa shape index (κ1) is 51.5. The molecule has 0 spiro atoms. The van der Waals surface area contributed by atoms with Crippen LogP contribution in [0.15, 0.2) is 0 Å². The van der Waals surface area contributed by atoms with Crippen LogP contribution in [0, 0.1) is 0 Å². The normalized spacial score (nSPS) is 16.1. The van der Waals surface area contributed by atoms with Gasteiger partial charge in [0.2, 0.25) is 65.0 Å². The molecule has 1 saturated heterocycles. The van der Waals surface area contributed by atoms with E-state index in [4.69, 9.17) is 22.3 Å². The molecule has 27 nitrogen and oxygen atoms in total. The maximum absolute atomic E-state index is 13.3. The molecule has 336 valence electrons. The number of rotatable bonds is 28. The monoisotopic (exact) mass is 858 g/mol. The Morgan fingerprint density at radius 3 is 1.73 bits per heavy atom. The zero-order valence-electron chi connectivity index (χ0n) is 32.7. The summed E-state index contributed by atoms with van der Waals surface area (Å²) in [5.74, 6) is -11.6. The molecule has 0 saturated carbocycles. The van der Waals surface area contributed by atoms with Crippen molar-refractivity contribution in [1.29, 1.82) is 0 Å². The fourth-order valence-electron chi connectivity index (χ4n) is 5.19. The van der Waals surface area contributed by atoms with Crippen LogP contribution >= 0.6 is 0 Å². The molecule has 11 amide bonds. The lowest BCUT2D eigenvalue weighted by Crippen LogP contribution is -2.59. The van der Waals surface area contributed by atoms with E-state index < -0.39 is 153 Å². The second-order valence-electron chi connectivity index (χ2n) is 13.4. The second-order valence-corrected chi connectivity index (χ2v) is 13.4. The summed E-state index contributed by atoms with van der Waals surface area (Å²) >= 11 is 0. The number of nitrogens with two attached hydrogens (primary N) is 3. The van der Waals surface area contributed by atoms with Gasteiger partial charge < -0.3 is 80.4 Å². The quantitative estimate of drug-likeness (QED) is 0.0325. The Hall–Kier alpha value is -6.48. The lowest BCUT2D eigenvalue weighted by Gasteiger charge is -2.25. The molecule has 0 radical (unpaired) electrons. The Balaban J connectivity index is 2.86. The predicted molar refractivity (Wildman–Crippen MR) is 201 cm³/mol. The number of hydrogen-bond donors (Lipinski definition) is 15. The molecule has 0 aliphatic carbocycles. The van der Waals surface area contributed by atoms with Gasteiger partial charge in [0.05, 0.1) is 32.7 Å². The Labute approximate surface area is 342 Å². The van der Waals surface area contributed by atoms with Crippen molar-refractivity contribution in [2.75, 3.05) is 32.8 Å². The number of carbonyl (C=O) groups is 12. The highest BCUT2D eigenvalue weighted by atomic mass is 16.4. The average molecular weight is 859 g/mol. The van der Waals surface area contributed by atoms with Gasteiger partial charge in [0.1, 0.15) is 42.3 Å². The van der Waals surface area contributed by atoms with Crippen LogP contribution < -0.4 is 65.1 Å². The maximum atomic E-state index is 13.3. The van der Waals surface area contributed by atoms with Crippen molar-refractivity contribution in [3.63, 3.8) is 0 Å². The number of aliphatic hydroxyl groups is 2. The van der Waals surface area contributed by atoms with E-state index >= 15 is 0 Å². The number of aliphatic hydroxyl groups excluding tert-OH is 2. The number of primary amides is 2. The molecule has 7 atom stereocenters. The first-order valence-electron chi connectivity index (χ1n) is 18.6. The summed E-state index contributed by atoms with van der Waals surface area (Å²) in [4.78, 5) is 147. The highest BCUT2D eigenvalue weighted by Gasteiger charge is 2.33. The van der Waals surface area contributed by atoms with E-state index in [1.807, 2.05) is 10.6 Å². The Morgan fingerprint density at radius 2 is 1.20 bits per heavy atom. The van der Waals surface area contributed by atoms with Crippen molar-refractivity contribution in [1.82, 2.24) is 47.9 Å². The molecule has 0 bridgehead atoms. The van der Waals surface area contributed by atoms with Crippen molar-refractivity contribution >= 4 is 70.9 Å². The Bertz CT molecular complexity index is 1610. The van der Waals surface area contributed by atoms with Crippen molar-refractivity contribution in [2.24, 2.45) is 17.2 Å². The number of amides is 11. The number of hydrogen-bond acceptors (Lipinski definition) is 15. The van der Waals surface area contributed by atoms with Crippen molar-refractivity contribution in [3.05, 3.63) is 0 Å². The van der Waals surface area contributed by atoms with Crippen LogP contribution in [0.4, 0.5) is 0 Å². The number of carboxylic acid groups (broad SMARTS) is 1. The van der Waals surface area contributed by atoms with Crippen LogP contribution in [0.2, 0.25) is 0 Å². The summed E-state index contributed by atoms with van der Waals surface area (Å²) < 4.78 is 0. The van der Waals surface area contributed by atoms with Crippen molar-refractivity contribution in [2.45, 2.75) is 101 Å². The van der Waals surface area contributed by atoms with Gasteiger partial charge in [0.15, 0.2) is 0 Å². The van der Waals surface area contributed by atoms with Gasteiger partial charge in [-0.05, 0) is 45.6 Å². The van der Waals surface area contributed by atoms with E-state index in [2.05, 4.69) is 37.2 Å². The molecule has 1 aliphatic heterocycles. The summed E-state index contributed by atoms with van der Waals surface area (Å²) in [6.45, 7) is -2.06. The molecule has 0 aromatic rings. The third-order valence-electron chi connectivity index (χ3n) is 8.50. The van der Waals surface area contributed by atoms with Gasteiger partial charge in [-0.15, -0.1) is 0 Å². The van der Waals surface area contributed by atoms with Gasteiger partial charge in [-0.25, -0.2) is 4.79 Å². The minimum atomic E-state index is -1.76. The van der Waals surface area contributed by atoms with E-state index in [0.717, 1.165) is 0 Å². The van der Waals surface area contributed by atoms with Crippen LogP contribution in [0.5, 0.6) is 0 Å². The van der Waals surface area contributed by atoms with Crippen LogP contribution in [-0.2, 0) is 57.5 Å². The minimum Gasteiger partial charge on any atom is -0.480 e. The summed E-state index contributed by atoms with van der Waals surface area (Å²) in [7, 11) is 0. The zero-order chi connectivity index (χ0) is 45.5. The smallest absolute Gasteiger partial charge is 0.326 e. The summed E-state index contributed by atoms with van der Waals surface area (Å²) in [6, 6.07) is -10.0. The largest absolute Gasteiger partial charge is 0.480 e. The molecule has 60 heavy (non-hydrogen) atoms. The van der Waals surface area contributed by atoms with Gasteiger partial charge in [-0.1, -0.05) is 0 Å². The first-order chi connectivity index (χ1) is 28.2. The number of nitrogens with one attached hydrogen (secondary N) is 9. The fraction of sp³-hybridized carbons (Fsp3) is 0.636. The van der Waals surface area contributed by atoms with E-state index in [9.17, 15) is 67.7 Å². The van der Waals surface area contributed by atoms with E-state index in [-0.39, 0.29) is 31.7 Å². The number of aliphatic carboxylic acids is 1. The second kappa shape index (κ2) is 26.5. The van der Waals surface area contributed by atoms with Gasteiger partial charge in [-0.2, -0.15) is 0 Å². The molecule has 0 unspecified atom stereocenters. The fourth-order valence-corrected chi connectivity index (χ4v) is 5.19. The molecule has 0 aromatic heterocycles. The van der Waals surface area contributed by atoms with Gasteiger partial charge >= 0.3 is 5.97 Å². The van der Waals surface area contributed by atoms with Crippen molar-refractivity contribution < 1.29 is 72.9 Å². The van der Waals surface area contributed by atoms with Crippen molar-refractivity contribution in [3.8, 4) is 0 Å². The SMILES string of the molecule is C[C@H](NC(=O)[C@@H]1CCC(=O)N1)C(=O)N[C@@H](CCCCN)C(=O)N[C@@H](CO)C(=O)N[C@@H](CCC(N)=O)C(=O)NCC(=O)NCC(=O)N[C@@H](CO)C(=O)N[C@H](CC(N)=O)C(=O)O. The van der Waals surface area contributed by atoms with E-state index in [0.29, 0.717) is 12.8 Å². The van der Waals surface area contributed by atoms with E-state index in [1.165, 1.54) is 6.92 Å². The molecule has 0 aromatic carbocycles. The third-order valence-corrected chi connectivity index (χ3v) is 8.50. The van der Waals surface area contributed by atoms with Crippen LogP contribution in [-0.4, -0.2) is 161 Å². The maximum Gasteiger partial charge on any atom is 0.326 e. The Morgan fingerprint density at radius 1 is 0.667 bits per heavy atom. The molecule has 1 rings (SSSR count). The summed E-state index contributed by atoms with van der Waals surface area (Å²) in [5.41, 5.74) is 15.7. The number of carbonyl (C=O) groups excluding carboxylic acids is 11. The Kier molecular flexibility index (Phi) is 22.8. The molecule has 18 N–H and O–H groups in total. The lowest BCUT2D eigenvalue weighted by molar-refractivity contribution is -0.144. The molecule has 1 fully saturated rings. The zero-order valence-corrected chi connectivity index (χ0v) is 32.7. The summed E-state index contributed by atoms with van der Waals surface area (Å²) in [5, 5.41) is 48.7. The molecule has 27 heteroatoms.